The zero-order chi connectivity index (χ0) is 26.2. The first-order chi connectivity index (χ1) is 17.2. The number of nitrogens with one attached hydrogen (secondary N) is 1. The summed E-state index contributed by atoms with van der Waals surface area (Å²) in [4.78, 5) is 24.6. The van der Waals surface area contributed by atoms with E-state index in [0.717, 1.165) is 11.1 Å². The van der Waals surface area contributed by atoms with Crippen LogP contribution in [0, 0.1) is 6.92 Å². The van der Waals surface area contributed by atoms with E-state index in [2.05, 4.69) is 24.4 Å². The van der Waals surface area contributed by atoms with Gasteiger partial charge in [-0.25, -0.2) is 10.2 Å². The average molecular weight is 529 g/mol. The summed E-state index contributed by atoms with van der Waals surface area (Å²) in [7, 11) is 1.45. The molecule has 36 heavy (non-hydrogen) atoms. The fourth-order valence-corrected chi connectivity index (χ4v) is 3.41. The van der Waals surface area contributed by atoms with Crippen LogP contribution in [0.25, 0.3) is 0 Å². The fraction of sp³-hybridized carbons (Fsp3) is 0.222. The third-order valence-electron chi connectivity index (χ3n) is 5.19. The van der Waals surface area contributed by atoms with Crippen molar-refractivity contribution >= 4 is 41.3 Å². The Morgan fingerprint density at radius 1 is 0.972 bits per heavy atom. The third-order valence-corrected chi connectivity index (χ3v) is 5.93. The van der Waals surface area contributed by atoms with E-state index in [-0.39, 0.29) is 22.9 Å². The first-order valence-corrected chi connectivity index (χ1v) is 11.8. The minimum absolute atomic E-state index is 0.174. The number of rotatable bonds is 9. The number of amides is 1. The lowest BCUT2D eigenvalue weighted by atomic mass is 10.0. The Balaban J connectivity index is 1.58. The van der Waals surface area contributed by atoms with Crippen molar-refractivity contribution in [3.05, 3.63) is 86.9 Å². The molecule has 9 heteroatoms. The Morgan fingerprint density at radius 2 is 1.75 bits per heavy atom. The molecule has 0 bridgehead atoms. The van der Waals surface area contributed by atoms with Crippen LogP contribution in [0.5, 0.6) is 17.2 Å². The number of carbonyl (C=O) groups excluding carboxylic acids is 2. The van der Waals surface area contributed by atoms with E-state index in [9.17, 15) is 9.59 Å². The molecular formula is C27H26Cl2N2O5. The summed E-state index contributed by atoms with van der Waals surface area (Å²) in [6, 6.07) is 15.2. The highest BCUT2D eigenvalue weighted by molar-refractivity contribution is 6.42. The topological polar surface area (TPSA) is 86.2 Å². The predicted molar refractivity (Wildman–Crippen MR) is 141 cm³/mol. The Labute approximate surface area is 220 Å². The summed E-state index contributed by atoms with van der Waals surface area (Å²) in [6.07, 6.45) is 1.44. The summed E-state index contributed by atoms with van der Waals surface area (Å²) < 4.78 is 16.4. The van der Waals surface area contributed by atoms with E-state index in [1.54, 1.807) is 18.2 Å². The molecule has 0 saturated carbocycles. The first-order valence-electron chi connectivity index (χ1n) is 11.1. The number of methoxy groups -OCH3 is 1. The molecule has 188 valence electrons. The van der Waals surface area contributed by atoms with Crippen molar-refractivity contribution in [1.82, 2.24) is 5.43 Å². The molecule has 1 N–H and O–H groups in total. The van der Waals surface area contributed by atoms with Crippen molar-refractivity contribution in [3.63, 3.8) is 0 Å². The Hall–Kier alpha value is -3.55. The zero-order valence-corrected chi connectivity index (χ0v) is 21.8. The molecule has 0 aliphatic rings. The van der Waals surface area contributed by atoms with Gasteiger partial charge in [0.2, 0.25) is 0 Å². The molecule has 0 atom stereocenters. The number of benzene rings is 3. The molecule has 0 fully saturated rings. The van der Waals surface area contributed by atoms with Crippen molar-refractivity contribution < 1.29 is 23.8 Å². The van der Waals surface area contributed by atoms with Crippen LogP contribution in [0.1, 0.15) is 46.8 Å². The van der Waals surface area contributed by atoms with Gasteiger partial charge in [-0.15, -0.1) is 0 Å². The number of nitrogens with zero attached hydrogens (tertiary/aromatic N) is 1. The first kappa shape index (κ1) is 27.0. The maximum absolute atomic E-state index is 12.4. The standard InChI is InChI=1S/C27H26Cl2N2O5/c1-16(2)19-7-5-17(3)24(13-19)35-15-26(32)31-30-14-18-6-10-23(25(11-18)34-4)36-27(33)20-8-9-21(28)22(29)12-20/h5-14,16H,15H2,1-4H3,(H,31,32)/b30-14-. The molecule has 0 radical (unpaired) electrons. The quantitative estimate of drug-likeness (QED) is 0.155. The predicted octanol–water partition coefficient (Wildman–Crippen LogP) is 6.18. The van der Waals surface area contributed by atoms with Gasteiger partial charge >= 0.3 is 5.97 Å². The molecule has 1 amide bonds. The average Bonchev–Trinajstić information content (AvgIpc) is 2.85. The highest BCUT2D eigenvalue weighted by Gasteiger charge is 2.14. The fourth-order valence-electron chi connectivity index (χ4n) is 3.12. The van der Waals surface area contributed by atoms with Crippen molar-refractivity contribution in [2.45, 2.75) is 26.7 Å². The van der Waals surface area contributed by atoms with Crippen LogP contribution >= 0.6 is 23.2 Å². The van der Waals surface area contributed by atoms with Gasteiger partial charge in [-0.3, -0.25) is 4.79 Å². The molecule has 0 spiro atoms. The molecule has 0 aliphatic carbocycles. The van der Waals surface area contributed by atoms with Crippen LogP contribution < -0.4 is 19.6 Å². The van der Waals surface area contributed by atoms with E-state index in [4.69, 9.17) is 37.4 Å². The minimum atomic E-state index is -0.616. The lowest BCUT2D eigenvalue weighted by Gasteiger charge is -2.12. The summed E-state index contributed by atoms with van der Waals surface area (Å²) in [5.41, 5.74) is 5.37. The highest BCUT2D eigenvalue weighted by atomic mass is 35.5. The van der Waals surface area contributed by atoms with Gasteiger partial charge in [0.1, 0.15) is 5.75 Å². The summed E-state index contributed by atoms with van der Waals surface area (Å²) in [5, 5.41) is 4.54. The zero-order valence-electron chi connectivity index (χ0n) is 20.3. The molecule has 0 aliphatic heterocycles. The van der Waals surface area contributed by atoms with E-state index < -0.39 is 11.9 Å². The summed E-state index contributed by atoms with van der Waals surface area (Å²) >= 11 is 11.9. The summed E-state index contributed by atoms with van der Waals surface area (Å²) in [6.45, 7) is 5.94. The number of hydrazone groups is 1. The van der Waals surface area contributed by atoms with Crippen LogP contribution in [0.4, 0.5) is 0 Å². The van der Waals surface area contributed by atoms with Crippen molar-refractivity contribution in [3.8, 4) is 17.2 Å². The number of carbonyl (C=O) groups is 2. The van der Waals surface area contributed by atoms with Gasteiger partial charge in [0.15, 0.2) is 18.1 Å². The van der Waals surface area contributed by atoms with E-state index in [1.807, 2.05) is 25.1 Å². The molecule has 0 aromatic heterocycles. The van der Waals surface area contributed by atoms with Crippen LogP contribution in [0.15, 0.2) is 59.7 Å². The molecule has 3 aromatic rings. The van der Waals surface area contributed by atoms with Gasteiger partial charge in [-0.2, -0.15) is 5.10 Å². The largest absolute Gasteiger partial charge is 0.493 e. The van der Waals surface area contributed by atoms with Crippen LogP contribution in [-0.4, -0.2) is 31.8 Å². The van der Waals surface area contributed by atoms with Crippen LogP contribution in [-0.2, 0) is 4.79 Å². The molecule has 3 aromatic carbocycles. The Morgan fingerprint density at radius 3 is 2.44 bits per heavy atom. The van der Waals surface area contributed by atoms with Gasteiger partial charge in [-0.1, -0.05) is 49.2 Å². The molecule has 0 saturated heterocycles. The number of hydrogen-bond donors (Lipinski definition) is 1. The van der Waals surface area contributed by atoms with Gasteiger partial charge < -0.3 is 14.2 Å². The summed E-state index contributed by atoms with van der Waals surface area (Å²) in [5.74, 6) is 0.518. The van der Waals surface area contributed by atoms with Crippen LogP contribution in [0.2, 0.25) is 10.0 Å². The maximum Gasteiger partial charge on any atom is 0.343 e. The molecule has 0 heterocycles. The second kappa shape index (κ2) is 12.4. The molecule has 0 unspecified atom stereocenters. The smallest absolute Gasteiger partial charge is 0.343 e. The van der Waals surface area contributed by atoms with E-state index in [0.29, 0.717) is 28.0 Å². The van der Waals surface area contributed by atoms with E-state index >= 15 is 0 Å². The SMILES string of the molecule is COc1cc(/C=N\NC(=O)COc2cc(C(C)C)ccc2C)ccc1OC(=O)c1ccc(Cl)c(Cl)c1. The third kappa shape index (κ3) is 7.23. The highest BCUT2D eigenvalue weighted by Crippen LogP contribution is 2.29. The number of hydrogen-bond acceptors (Lipinski definition) is 6. The lowest BCUT2D eigenvalue weighted by Crippen LogP contribution is -2.24. The van der Waals surface area contributed by atoms with Gasteiger partial charge in [-0.05, 0) is 72.0 Å². The van der Waals surface area contributed by atoms with Gasteiger partial charge in [0.25, 0.3) is 5.91 Å². The van der Waals surface area contributed by atoms with Crippen molar-refractivity contribution in [2.24, 2.45) is 5.10 Å². The van der Waals surface area contributed by atoms with Gasteiger partial charge in [0, 0.05) is 0 Å². The molecule has 3 rings (SSSR count). The Kier molecular flexibility index (Phi) is 9.33. The number of aryl methyl sites for hydroxylation is 1. The number of halogens is 2. The minimum Gasteiger partial charge on any atom is -0.493 e. The van der Waals surface area contributed by atoms with E-state index in [1.165, 1.54) is 31.5 Å². The van der Waals surface area contributed by atoms with Gasteiger partial charge in [0.05, 0.1) is 28.9 Å². The second-order valence-corrected chi connectivity index (χ2v) is 9.00. The van der Waals surface area contributed by atoms with Crippen molar-refractivity contribution in [2.75, 3.05) is 13.7 Å². The molecule has 7 nitrogen and oxygen atoms in total. The maximum atomic E-state index is 12.4. The molecular weight excluding hydrogens is 503 g/mol. The monoisotopic (exact) mass is 528 g/mol. The van der Waals surface area contributed by atoms with Crippen molar-refractivity contribution in [1.29, 1.82) is 0 Å². The number of esters is 1. The van der Waals surface area contributed by atoms with Crippen LogP contribution in [0.3, 0.4) is 0 Å². The number of ether oxygens (including phenoxy) is 3. The normalized spacial score (nSPS) is 11.0. The second-order valence-electron chi connectivity index (χ2n) is 8.19. The Bertz CT molecular complexity index is 1290. The lowest BCUT2D eigenvalue weighted by molar-refractivity contribution is -0.123.